The van der Waals surface area contributed by atoms with Crippen LogP contribution in [0.15, 0.2) is 72.8 Å². The Hall–Kier alpha value is -3.80. The van der Waals surface area contributed by atoms with Crippen molar-refractivity contribution in [3.05, 3.63) is 83.9 Å². The first-order valence-electron chi connectivity index (χ1n) is 11.9. The third-order valence-electron chi connectivity index (χ3n) is 5.59. The number of carboxylic acids is 1. The molecule has 0 unspecified atom stereocenters. The quantitative estimate of drug-likeness (QED) is 0.274. The van der Waals surface area contributed by atoms with Crippen molar-refractivity contribution in [1.82, 2.24) is 4.90 Å². The summed E-state index contributed by atoms with van der Waals surface area (Å²) < 4.78 is 0. The molecular weight excluding hydrogens is 426 g/mol. The topological polar surface area (TPSA) is 81.7 Å². The molecule has 0 heterocycles. The van der Waals surface area contributed by atoms with Gasteiger partial charge in [-0.05, 0) is 73.5 Å². The molecule has 0 bridgehead atoms. The van der Waals surface area contributed by atoms with E-state index < -0.39 is 5.97 Å². The Morgan fingerprint density at radius 2 is 1.24 bits per heavy atom. The molecular formula is C28H33N3O3. The van der Waals surface area contributed by atoms with E-state index in [0.717, 1.165) is 55.8 Å². The van der Waals surface area contributed by atoms with Gasteiger partial charge in [-0.1, -0.05) is 38.8 Å². The van der Waals surface area contributed by atoms with E-state index >= 15 is 0 Å². The van der Waals surface area contributed by atoms with Crippen LogP contribution in [-0.2, 0) is 0 Å². The predicted molar refractivity (Wildman–Crippen MR) is 139 cm³/mol. The number of unbranched alkanes of at least 4 members (excludes halogenated alkanes) is 2. The second-order valence-corrected chi connectivity index (χ2v) is 8.25. The van der Waals surface area contributed by atoms with Crippen LogP contribution in [0, 0.1) is 0 Å². The van der Waals surface area contributed by atoms with Gasteiger partial charge < -0.3 is 20.6 Å². The molecule has 0 aliphatic heterocycles. The van der Waals surface area contributed by atoms with Gasteiger partial charge in [0.25, 0.3) is 5.91 Å². The van der Waals surface area contributed by atoms with Crippen molar-refractivity contribution in [2.45, 2.75) is 39.5 Å². The van der Waals surface area contributed by atoms with Gasteiger partial charge in [0.2, 0.25) is 0 Å². The molecule has 0 aliphatic carbocycles. The van der Waals surface area contributed by atoms with Crippen LogP contribution in [0.2, 0.25) is 0 Å². The lowest BCUT2D eigenvalue weighted by molar-refractivity contribution is 0.0696. The number of carboxylic acid groups (broad SMARTS) is 1. The molecule has 0 fully saturated rings. The molecule has 0 radical (unpaired) electrons. The van der Waals surface area contributed by atoms with Crippen LogP contribution in [0.1, 0.15) is 60.2 Å². The average molecular weight is 460 g/mol. The number of nitrogens with zero attached hydrogens (tertiary/aromatic N) is 1. The van der Waals surface area contributed by atoms with Crippen LogP contribution < -0.4 is 10.6 Å². The fourth-order valence-corrected chi connectivity index (χ4v) is 3.63. The van der Waals surface area contributed by atoms with Crippen LogP contribution in [-0.4, -0.2) is 35.0 Å². The van der Waals surface area contributed by atoms with Crippen molar-refractivity contribution < 1.29 is 14.7 Å². The first-order chi connectivity index (χ1) is 16.5. The molecule has 0 saturated heterocycles. The number of hydrogen-bond donors (Lipinski definition) is 3. The highest BCUT2D eigenvalue weighted by Gasteiger charge is 2.15. The van der Waals surface area contributed by atoms with Crippen molar-refractivity contribution >= 4 is 34.6 Å². The summed E-state index contributed by atoms with van der Waals surface area (Å²) in [4.78, 5) is 26.3. The Bertz CT molecular complexity index is 1070. The van der Waals surface area contributed by atoms with E-state index in [9.17, 15) is 14.7 Å². The lowest BCUT2D eigenvalue weighted by atomic mass is 10.1. The monoisotopic (exact) mass is 459 g/mol. The second kappa shape index (κ2) is 12.4. The molecule has 3 aromatic carbocycles. The van der Waals surface area contributed by atoms with Crippen molar-refractivity contribution in [1.29, 1.82) is 0 Å². The number of rotatable bonds is 12. The maximum atomic E-state index is 12.9. The van der Waals surface area contributed by atoms with Crippen LogP contribution in [0.25, 0.3) is 0 Å². The molecule has 0 aromatic heterocycles. The van der Waals surface area contributed by atoms with E-state index in [1.807, 2.05) is 53.4 Å². The van der Waals surface area contributed by atoms with Gasteiger partial charge in [-0.25, -0.2) is 4.79 Å². The largest absolute Gasteiger partial charge is 0.478 e. The van der Waals surface area contributed by atoms with Gasteiger partial charge >= 0.3 is 5.97 Å². The molecule has 3 aromatic rings. The lowest BCUT2D eigenvalue weighted by Crippen LogP contribution is -2.32. The van der Waals surface area contributed by atoms with Gasteiger partial charge in [0.1, 0.15) is 0 Å². The van der Waals surface area contributed by atoms with E-state index in [2.05, 4.69) is 24.5 Å². The number of anilines is 4. The highest BCUT2D eigenvalue weighted by Crippen LogP contribution is 2.24. The number of benzene rings is 3. The van der Waals surface area contributed by atoms with Crippen molar-refractivity contribution in [2.24, 2.45) is 0 Å². The molecule has 6 heteroatoms. The summed E-state index contributed by atoms with van der Waals surface area (Å²) >= 11 is 0. The van der Waals surface area contributed by atoms with Gasteiger partial charge in [-0.3, -0.25) is 4.79 Å². The summed E-state index contributed by atoms with van der Waals surface area (Å²) in [6.45, 7) is 5.88. The van der Waals surface area contributed by atoms with Gasteiger partial charge in [-0.2, -0.15) is 0 Å². The smallest absolute Gasteiger partial charge is 0.337 e. The Morgan fingerprint density at radius 1 is 0.735 bits per heavy atom. The number of para-hydroxylation sites is 1. The fraction of sp³-hybridized carbons (Fsp3) is 0.286. The maximum Gasteiger partial charge on any atom is 0.337 e. The summed E-state index contributed by atoms with van der Waals surface area (Å²) in [7, 11) is 0. The zero-order valence-corrected chi connectivity index (χ0v) is 19.9. The molecule has 1 amide bonds. The first-order valence-corrected chi connectivity index (χ1v) is 11.9. The van der Waals surface area contributed by atoms with Gasteiger partial charge in [-0.15, -0.1) is 0 Å². The summed E-state index contributed by atoms with van der Waals surface area (Å²) in [5, 5.41) is 15.8. The Morgan fingerprint density at radius 3 is 1.76 bits per heavy atom. The number of amides is 1. The zero-order chi connectivity index (χ0) is 24.3. The Kier molecular flexibility index (Phi) is 9.09. The molecule has 0 aliphatic rings. The number of nitrogens with one attached hydrogen (secondary N) is 2. The molecule has 178 valence electrons. The Balaban J connectivity index is 1.63. The number of aromatic carboxylic acids is 1. The average Bonchev–Trinajstić information content (AvgIpc) is 2.85. The minimum Gasteiger partial charge on any atom is -0.478 e. The highest BCUT2D eigenvalue weighted by molar-refractivity contribution is 5.95. The molecule has 0 saturated carbocycles. The van der Waals surface area contributed by atoms with E-state index in [4.69, 9.17) is 0 Å². The Labute approximate surface area is 201 Å². The van der Waals surface area contributed by atoms with Crippen LogP contribution in [0.5, 0.6) is 0 Å². The summed E-state index contributed by atoms with van der Waals surface area (Å²) in [6.07, 6.45) is 4.17. The van der Waals surface area contributed by atoms with E-state index in [1.54, 1.807) is 24.3 Å². The van der Waals surface area contributed by atoms with Crippen LogP contribution in [0.4, 0.5) is 22.7 Å². The van der Waals surface area contributed by atoms with Gasteiger partial charge in [0.15, 0.2) is 0 Å². The maximum absolute atomic E-state index is 12.9. The van der Waals surface area contributed by atoms with Crippen LogP contribution in [0.3, 0.4) is 0 Å². The standard InChI is InChI=1S/C28H33N3O3/c1-3-5-19-31(20-6-4-2)27(32)21-11-13-22(14-12-21)29-23-15-17-24(18-16-23)30-26-10-8-7-9-25(26)28(33)34/h7-18,29-30H,3-6,19-20H2,1-2H3,(H,33,34). The molecule has 3 N–H and O–H groups in total. The fourth-order valence-electron chi connectivity index (χ4n) is 3.63. The SMILES string of the molecule is CCCCN(CCCC)C(=O)c1ccc(Nc2ccc(Nc3ccccc3C(=O)O)cc2)cc1. The third kappa shape index (κ3) is 6.85. The molecule has 3 rings (SSSR count). The highest BCUT2D eigenvalue weighted by atomic mass is 16.4. The molecule has 6 nitrogen and oxygen atoms in total. The van der Waals surface area contributed by atoms with Crippen LogP contribution >= 0.6 is 0 Å². The normalized spacial score (nSPS) is 10.5. The van der Waals surface area contributed by atoms with Crippen molar-refractivity contribution in [3.63, 3.8) is 0 Å². The zero-order valence-electron chi connectivity index (χ0n) is 19.9. The van der Waals surface area contributed by atoms with Gasteiger partial charge in [0.05, 0.1) is 11.3 Å². The summed E-state index contributed by atoms with van der Waals surface area (Å²) in [5.41, 5.74) is 4.05. The predicted octanol–water partition coefficient (Wildman–Crippen LogP) is 6.91. The van der Waals surface area contributed by atoms with Crippen molar-refractivity contribution in [3.8, 4) is 0 Å². The second-order valence-electron chi connectivity index (χ2n) is 8.25. The van der Waals surface area contributed by atoms with Crippen molar-refractivity contribution in [2.75, 3.05) is 23.7 Å². The summed E-state index contributed by atoms with van der Waals surface area (Å²) in [5.74, 6) is -0.882. The number of carbonyl (C=O) groups excluding carboxylic acids is 1. The summed E-state index contributed by atoms with van der Waals surface area (Å²) in [6, 6.07) is 22.0. The molecule has 0 atom stereocenters. The van der Waals surface area contributed by atoms with E-state index in [0.29, 0.717) is 11.3 Å². The number of hydrogen-bond acceptors (Lipinski definition) is 4. The minimum atomic E-state index is -0.970. The van der Waals surface area contributed by atoms with E-state index in [1.165, 1.54) is 0 Å². The number of carbonyl (C=O) groups is 2. The molecule has 34 heavy (non-hydrogen) atoms. The van der Waals surface area contributed by atoms with E-state index in [-0.39, 0.29) is 11.5 Å². The third-order valence-corrected chi connectivity index (χ3v) is 5.59. The van der Waals surface area contributed by atoms with Gasteiger partial charge in [0, 0.05) is 35.7 Å². The first kappa shape index (κ1) is 24.8. The lowest BCUT2D eigenvalue weighted by Gasteiger charge is -2.22. The molecule has 0 spiro atoms. The minimum absolute atomic E-state index is 0.0884.